The van der Waals surface area contributed by atoms with Crippen LogP contribution in [0.15, 0.2) is 53.7 Å². The summed E-state index contributed by atoms with van der Waals surface area (Å²) in [5, 5.41) is 11.9. The third-order valence-corrected chi connectivity index (χ3v) is 5.76. The van der Waals surface area contributed by atoms with Gasteiger partial charge in [0.25, 0.3) is 5.91 Å². The number of allylic oxidation sites excluding steroid dienone is 2. The molecule has 0 bridgehead atoms. The van der Waals surface area contributed by atoms with E-state index in [1.807, 2.05) is 12.1 Å². The third-order valence-electron chi connectivity index (χ3n) is 5.76. The minimum Gasteiger partial charge on any atom is -0.322 e. The van der Waals surface area contributed by atoms with Crippen LogP contribution < -0.4 is 9.80 Å². The molecule has 4 nitrogen and oxygen atoms in total. The van der Waals surface area contributed by atoms with Gasteiger partial charge in [0.1, 0.15) is 11.4 Å². The highest BCUT2D eigenvalue weighted by Gasteiger charge is 2.29. The van der Waals surface area contributed by atoms with Crippen molar-refractivity contribution in [2.45, 2.75) is 41.0 Å². The summed E-state index contributed by atoms with van der Waals surface area (Å²) in [5.41, 5.74) is 6.79. The van der Waals surface area contributed by atoms with Gasteiger partial charge < -0.3 is 5.32 Å². The van der Waals surface area contributed by atoms with Crippen LogP contribution in [-0.4, -0.2) is 19.5 Å². The van der Waals surface area contributed by atoms with E-state index in [-0.39, 0.29) is 5.91 Å². The fourth-order valence-electron chi connectivity index (χ4n) is 3.49. The van der Waals surface area contributed by atoms with Crippen molar-refractivity contribution < 1.29 is 4.79 Å². The number of quaternary nitrogens is 1. The summed E-state index contributed by atoms with van der Waals surface area (Å²) in [7, 11) is 2.23. The molecule has 0 saturated heterocycles. The smallest absolute Gasteiger partial charge is 0.255 e. The molecule has 0 spiro atoms. The highest BCUT2D eigenvalue weighted by Crippen LogP contribution is 2.32. The summed E-state index contributed by atoms with van der Waals surface area (Å²) in [6.07, 6.45) is 1.03. The lowest BCUT2D eigenvalue weighted by molar-refractivity contribution is 0.102. The minimum absolute atomic E-state index is 0.174. The second-order valence-corrected chi connectivity index (χ2v) is 7.37. The zero-order valence-electron chi connectivity index (χ0n) is 17.8. The number of aryl methyl sites for hydroxylation is 1. The molecule has 1 unspecified atom stereocenters. The number of hydrogen-bond donors (Lipinski definition) is 1. The average molecular weight is 377 g/mol. The van der Waals surface area contributed by atoms with Crippen molar-refractivity contribution >= 4 is 17.3 Å². The molecule has 0 radical (unpaired) electrons. The topological polar surface area (TPSA) is 52.9 Å². The van der Waals surface area contributed by atoms with E-state index in [1.165, 1.54) is 17.0 Å². The molecule has 146 valence electrons. The average Bonchev–Trinajstić information content (AvgIpc) is 2.71. The van der Waals surface area contributed by atoms with Gasteiger partial charge in [-0.1, -0.05) is 13.0 Å². The third kappa shape index (κ3) is 4.32. The van der Waals surface area contributed by atoms with Crippen LogP contribution in [0, 0.1) is 18.3 Å². The molecule has 4 heteroatoms. The first kappa shape index (κ1) is 21.4. The molecule has 0 heterocycles. The summed E-state index contributed by atoms with van der Waals surface area (Å²) in [5.74, 6) is -0.174. The number of amides is 1. The summed E-state index contributed by atoms with van der Waals surface area (Å²) in [4.78, 5) is 12.7. The number of nitrogens with one attached hydrogen (secondary N) is 1. The van der Waals surface area contributed by atoms with E-state index in [0.29, 0.717) is 16.8 Å². The summed E-state index contributed by atoms with van der Waals surface area (Å²) in [6, 6.07) is 14.9. The van der Waals surface area contributed by atoms with Crippen LogP contribution in [0.3, 0.4) is 0 Å². The van der Waals surface area contributed by atoms with Crippen LogP contribution in [0.4, 0.5) is 11.4 Å². The van der Waals surface area contributed by atoms with Gasteiger partial charge >= 0.3 is 0 Å². The fourth-order valence-corrected chi connectivity index (χ4v) is 3.49. The first-order chi connectivity index (χ1) is 13.3. The van der Waals surface area contributed by atoms with Gasteiger partial charge in [0.2, 0.25) is 0 Å². The monoisotopic (exact) mass is 376 g/mol. The molecule has 28 heavy (non-hydrogen) atoms. The van der Waals surface area contributed by atoms with E-state index in [4.69, 9.17) is 5.26 Å². The molecule has 0 aliphatic rings. The van der Waals surface area contributed by atoms with Crippen molar-refractivity contribution in [3.8, 4) is 6.07 Å². The minimum atomic E-state index is -0.174. The van der Waals surface area contributed by atoms with Gasteiger partial charge in [-0.25, -0.2) is 0 Å². The molecule has 2 aromatic rings. The maximum atomic E-state index is 12.7. The van der Waals surface area contributed by atoms with Crippen molar-refractivity contribution in [3.63, 3.8) is 0 Å². The van der Waals surface area contributed by atoms with Crippen molar-refractivity contribution in [1.29, 1.82) is 5.26 Å². The summed E-state index contributed by atoms with van der Waals surface area (Å²) < 4.78 is 0.734. The standard InChI is InChI=1S/C24H29N3O/c1-7-17(3)19(5)27(6,8-2)23-13-12-21(14-18(23)4)24(28)26-22-11-9-10-20(15-22)16-25/h9-15H,7-8H2,1-6H3/p+1. The molecule has 0 aliphatic carbocycles. The van der Waals surface area contributed by atoms with Crippen molar-refractivity contribution in [1.82, 2.24) is 4.48 Å². The summed E-state index contributed by atoms with van der Waals surface area (Å²) >= 11 is 0. The Morgan fingerprint density at radius 3 is 2.43 bits per heavy atom. The highest BCUT2D eigenvalue weighted by atomic mass is 16.1. The van der Waals surface area contributed by atoms with E-state index >= 15 is 0 Å². The SMILES string of the molecule is CCC(C)=C(C)[N+](C)(CC)c1ccc(C(=O)Nc2cccc(C#N)c2)cc1C. The van der Waals surface area contributed by atoms with Gasteiger partial charge in [-0.2, -0.15) is 5.26 Å². The molecular weight excluding hydrogens is 346 g/mol. The van der Waals surface area contributed by atoms with Crippen molar-refractivity contribution in [3.05, 3.63) is 70.4 Å². The van der Waals surface area contributed by atoms with Crippen LogP contribution in [0.5, 0.6) is 0 Å². The predicted octanol–water partition coefficient (Wildman–Crippen LogP) is 5.78. The number of carbonyl (C=O) groups excluding carboxylic acids is 1. The normalized spacial score (nSPS) is 13.9. The Hall–Kier alpha value is -2.90. The highest BCUT2D eigenvalue weighted by molar-refractivity contribution is 6.04. The van der Waals surface area contributed by atoms with Gasteiger partial charge in [-0.05, 0) is 63.1 Å². The predicted molar refractivity (Wildman–Crippen MR) is 117 cm³/mol. The van der Waals surface area contributed by atoms with Crippen LogP contribution in [0.25, 0.3) is 0 Å². The second-order valence-electron chi connectivity index (χ2n) is 7.37. The molecule has 2 aromatic carbocycles. The molecule has 0 aromatic heterocycles. The van der Waals surface area contributed by atoms with E-state index in [2.05, 4.69) is 59.1 Å². The number of carbonyl (C=O) groups is 1. The van der Waals surface area contributed by atoms with Crippen LogP contribution in [0.2, 0.25) is 0 Å². The Balaban J connectivity index is 2.35. The van der Waals surface area contributed by atoms with Gasteiger partial charge in [-0.3, -0.25) is 9.28 Å². The lowest BCUT2D eigenvalue weighted by atomic mass is 10.0. The van der Waals surface area contributed by atoms with E-state index in [1.54, 1.807) is 24.3 Å². The fraction of sp³-hybridized carbons (Fsp3) is 0.333. The zero-order chi connectivity index (χ0) is 20.9. The number of anilines is 1. The van der Waals surface area contributed by atoms with Crippen LogP contribution >= 0.6 is 0 Å². The van der Waals surface area contributed by atoms with Crippen molar-refractivity contribution in [2.24, 2.45) is 0 Å². The maximum absolute atomic E-state index is 12.7. The largest absolute Gasteiger partial charge is 0.322 e. The van der Waals surface area contributed by atoms with Crippen LogP contribution in [-0.2, 0) is 0 Å². The van der Waals surface area contributed by atoms with Crippen LogP contribution in [0.1, 0.15) is 55.6 Å². The van der Waals surface area contributed by atoms with Gasteiger partial charge in [0, 0.05) is 29.8 Å². The van der Waals surface area contributed by atoms with E-state index < -0.39 is 0 Å². The zero-order valence-corrected chi connectivity index (χ0v) is 17.8. The van der Waals surface area contributed by atoms with Crippen molar-refractivity contribution in [2.75, 3.05) is 18.9 Å². The molecule has 1 N–H and O–H groups in total. The van der Waals surface area contributed by atoms with E-state index in [9.17, 15) is 4.79 Å². The lowest BCUT2D eigenvalue weighted by Crippen LogP contribution is -2.44. The Morgan fingerprint density at radius 2 is 1.86 bits per heavy atom. The molecule has 2 rings (SSSR count). The number of rotatable bonds is 6. The molecule has 0 fully saturated rings. The second kappa shape index (κ2) is 8.86. The Labute approximate surface area is 168 Å². The Morgan fingerprint density at radius 1 is 1.14 bits per heavy atom. The number of nitriles is 1. The van der Waals surface area contributed by atoms with E-state index in [0.717, 1.165) is 23.0 Å². The van der Waals surface area contributed by atoms with Gasteiger partial charge in [0.05, 0.1) is 25.2 Å². The molecule has 1 amide bonds. The number of nitrogens with zero attached hydrogens (tertiary/aromatic N) is 2. The quantitative estimate of drug-likeness (QED) is 0.650. The summed E-state index contributed by atoms with van der Waals surface area (Å²) in [6.45, 7) is 11.8. The number of benzene rings is 2. The molecule has 0 saturated carbocycles. The Kier molecular flexibility index (Phi) is 6.77. The molecular formula is C24H30N3O+. The molecule has 1 atom stereocenters. The maximum Gasteiger partial charge on any atom is 0.255 e. The first-order valence-electron chi connectivity index (χ1n) is 9.72. The van der Waals surface area contributed by atoms with Gasteiger partial charge in [0.15, 0.2) is 0 Å². The lowest BCUT2D eigenvalue weighted by Gasteiger charge is -2.35. The Bertz CT molecular complexity index is 953. The first-order valence-corrected chi connectivity index (χ1v) is 9.72. The molecule has 0 aliphatic heterocycles. The van der Waals surface area contributed by atoms with Gasteiger partial charge in [-0.15, -0.1) is 0 Å². The number of hydrogen-bond acceptors (Lipinski definition) is 2.